The lowest BCUT2D eigenvalue weighted by molar-refractivity contribution is 0.176. The Balaban J connectivity index is 2.08. The lowest BCUT2D eigenvalue weighted by Crippen LogP contribution is -2.39. The third kappa shape index (κ3) is 3.78. The molecule has 1 aliphatic heterocycles. The molecule has 3 nitrogen and oxygen atoms in total. The van der Waals surface area contributed by atoms with Crippen LogP contribution in [0.5, 0.6) is 0 Å². The standard InChI is InChI=1S/C15H27N3S/c1-4-14-11-17(3)6-5-7-18(14)10-13-8-15(9-16)19-12(13)2/h8,14H,4-7,9-11,16H2,1-3H3. The lowest BCUT2D eigenvalue weighted by atomic mass is 10.1. The molecule has 0 spiro atoms. The van der Waals surface area contributed by atoms with Crippen molar-refractivity contribution in [3.05, 3.63) is 21.4 Å². The van der Waals surface area contributed by atoms with Crippen molar-refractivity contribution in [3.63, 3.8) is 0 Å². The van der Waals surface area contributed by atoms with Crippen molar-refractivity contribution >= 4 is 11.3 Å². The summed E-state index contributed by atoms with van der Waals surface area (Å²) >= 11 is 1.86. The lowest BCUT2D eigenvalue weighted by Gasteiger charge is -2.30. The van der Waals surface area contributed by atoms with E-state index in [0.717, 1.165) is 6.54 Å². The van der Waals surface area contributed by atoms with E-state index in [2.05, 4.69) is 36.8 Å². The fourth-order valence-electron chi connectivity index (χ4n) is 2.95. The summed E-state index contributed by atoms with van der Waals surface area (Å²) in [6.07, 6.45) is 2.51. The first-order valence-corrected chi connectivity index (χ1v) is 8.16. The first-order valence-electron chi connectivity index (χ1n) is 7.34. The summed E-state index contributed by atoms with van der Waals surface area (Å²) in [6.45, 7) is 9.94. The van der Waals surface area contributed by atoms with Crippen molar-refractivity contribution in [2.24, 2.45) is 5.73 Å². The van der Waals surface area contributed by atoms with E-state index in [4.69, 9.17) is 5.73 Å². The monoisotopic (exact) mass is 281 g/mol. The Morgan fingerprint density at radius 2 is 2.21 bits per heavy atom. The minimum atomic E-state index is 0.672. The van der Waals surface area contributed by atoms with Crippen LogP contribution in [-0.4, -0.2) is 42.5 Å². The van der Waals surface area contributed by atoms with E-state index in [1.165, 1.54) is 47.8 Å². The van der Waals surface area contributed by atoms with Gasteiger partial charge in [-0.3, -0.25) is 4.90 Å². The van der Waals surface area contributed by atoms with Gasteiger partial charge < -0.3 is 10.6 Å². The molecular formula is C15H27N3S. The first-order chi connectivity index (χ1) is 9.13. The summed E-state index contributed by atoms with van der Waals surface area (Å²) in [5, 5.41) is 0. The number of rotatable bonds is 4. The quantitative estimate of drug-likeness (QED) is 0.920. The molecule has 4 heteroatoms. The van der Waals surface area contributed by atoms with Gasteiger partial charge in [-0.05, 0) is 45.0 Å². The minimum Gasteiger partial charge on any atom is -0.326 e. The smallest absolute Gasteiger partial charge is 0.0274 e. The number of thiophene rings is 1. The maximum Gasteiger partial charge on any atom is 0.0274 e. The molecular weight excluding hydrogens is 254 g/mol. The summed E-state index contributed by atoms with van der Waals surface area (Å²) in [4.78, 5) is 7.89. The van der Waals surface area contributed by atoms with E-state index in [0.29, 0.717) is 12.6 Å². The molecule has 0 aromatic carbocycles. The van der Waals surface area contributed by atoms with E-state index >= 15 is 0 Å². The highest BCUT2D eigenvalue weighted by Gasteiger charge is 2.22. The Morgan fingerprint density at radius 3 is 2.84 bits per heavy atom. The molecule has 0 amide bonds. The molecule has 1 fully saturated rings. The van der Waals surface area contributed by atoms with Gasteiger partial charge in [0.05, 0.1) is 0 Å². The van der Waals surface area contributed by atoms with E-state index in [9.17, 15) is 0 Å². The number of aryl methyl sites for hydroxylation is 1. The summed E-state index contributed by atoms with van der Waals surface area (Å²) in [6, 6.07) is 2.99. The van der Waals surface area contributed by atoms with Crippen LogP contribution >= 0.6 is 11.3 Å². The van der Waals surface area contributed by atoms with Crippen molar-refractivity contribution in [2.45, 2.75) is 45.8 Å². The zero-order valence-corrected chi connectivity index (χ0v) is 13.3. The van der Waals surface area contributed by atoms with Gasteiger partial charge in [-0.1, -0.05) is 6.92 Å². The van der Waals surface area contributed by atoms with Crippen molar-refractivity contribution in [1.82, 2.24) is 9.80 Å². The second kappa shape index (κ2) is 6.84. The van der Waals surface area contributed by atoms with Crippen molar-refractivity contribution in [1.29, 1.82) is 0 Å². The van der Waals surface area contributed by atoms with Crippen LogP contribution in [0.1, 0.15) is 35.1 Å². The SMILES string of the molecule is CCC1CN(C)CCCN1Cc1cc(CN)sc1C. The molecule has 2 heterocycles. The van der Waals surface area contributed by atoms with Gasteiger partial charge in [-0.2, -0.15) is 0 Å². The predicted molar refractivity (Wildman–Crippen MR) is 83.6 cm³/mol. The molecule has 1 unspecified atom stereocenters. The van der Waals surface area contributed by atoms with Gasteiger partial charge in [-0.15, -0.1) is 11.3 Å². The van der Waals surface area contributed by atoms with E-state index in [1.807, 2.05) is 11.3 Å². The average molecular weight is 281 g/mol. The van der Waals surface area contributed by atoms with E-state index < -0.39 is 0 Å². The largest absolute Gasteiger partial charge is 0.326 e. The molecule has 1 aliphatic rings. The summed E-state index contributed by atoms with van der Waals surface area (Å²) in [5.41, 5.74) is 7.23. The number of nitrogens with two attached hydrogens (primary N) is 1. The predicted octanol–water partition coefficient (Wildman–Crippen LogP) is 2.43. The maximum absolute atomic E-state index is 5.75. The second-order valence-electron chi connectivity index (χ2n) is 5.65. The van der Waals surface area contributed by atoms with Gasteiger partial charge in [0, 0.05) is 42.0 Å². The zero-order valence-electron chi connectivity index (χ0n) is 12.5. The van der Waals surface area contributed by atoms with Crippen molar-refractivity contribution in [2.75, 3.05) is 26.7 Å². The molecule has 1 saturated heterocycles. The molecule has 0 radical (unpaired) electrons. The number of likely N-dealkylation sites (N-methyl/N-ethyl adjacent to an activating group) is 1. The summed E-state index contributed by atoms with van der Waals surface area (Å²) in [7, 11) is 2.24. The molecule has 0 aliphatic carbocycles. The van der Waals surface area contributed by atoms with Crippen LogP contribution in [0, 0.1) is 6.92 Å². The normalized spacial score (nSPS) is 22.6. The van der Waals surface area contributed by atoms with Gasteiger partial charge in [0.1, 0.15) is 0 Å². The Hall–Kier alpha value is -0.420. The molecule has 0 bridgehead atoms. The zero-order chi connectivity index (χ0) is 13.8. The highest BCUT2D eigenvalue weighted by atomic mass is 32.1. The van der Waals surface area contributed by atoms with Gasteiger partial charge in [0.2, 0.25) is 0 Å². The molecule has 19 heavy (non-hydrogen) atoms. The van der Waals surface area contributed by atoms with E-state index in [1.54, 1.807) is 0 Å². The Morgan fingerprint density at radius 1 is 1.42 bits per heavy atom. The van der Waals surface area contributed by atoms with Crippen LogP contribution in [0.4, 0.5) is 0 Å². The van der Waals surface area contributed by atoms with Crippen molar-refractivity contribution in [3.8, 4) is 0 Å². The summed E-state index contributed by atoms with van der Waals surface area (Å²) < 4.78 is 0. The van der Waals surface area contributed by atoms with Gasteiger partial charge in [0.25, 0.3) is 0 Å². The summed E-state index contributed by atoms with van der Waals surface area (Å²) in [5.74, 6) is 0. The molecule has 1 atom stereocenters. The highest BCUT2D eigenvalue weighted by Crippen LogP contribution is 2.24. The fraction of sp³-hybridized carbons (Fsp3) is 0.733. The number of nitrogens with zero attached hydrogens (tertiary/aromatic N) is 2. The van der Waals surface area contributed by atoms with Crippen LogP contribution in [0.3, 0.4) is 0 Å². The molecule has 0 saturated carbocycles. The molecule has 1 aromatic heterocycles. The third-order valence-electron chi connectivity index (χ3n) is 4.14. The van der Waals surface area contributed by atoms with Crippen LogP contribution in [0.2, 0.25) is 0 Å². The second-order valence-corrected chi connectivity index (χ2v) is 6.99. The molecule has 2 N–H and O–H groups in total. The third-order valence-corrected chi connectivity index (χ3v) is 5.26. The van der Waals surface area contributed by atoms with Crippen LogP contribution in [0.15, 0.2) is 6.07 Å². The first kappa shape index (κ1) is 15.0. The Labute approximate surface area is 121 Å². The van der Waals surface area contributed by atoms with E-state index in [-0.39, 0.29) is 0 Å². The van der Waals surface area contributed by atoms with Crippen LogP contribution < -0.4 is 5.73 Å². The topological polar surface area (TPSA) is 32.5 Å². The fourth-order valence-corrected chi connectivity index (χ4v) is 3.88. The number of hydrogen-bond acceptors (Lipinski definition) is 4. The average Bonchev–Trinajstić information content (AvgIpc) is 2.64. The number of hydrogen-bond donors (Lipinski definition) is 1. The van der Waals surface area contributed by atoms with Gasteiger partial charge in [0.15, 0.2) is 0 Å². The van der Waals surface area contributed by atoms with Crippen LogP contribution in [0.25, 0.3) is 0 Å². The highest BCUT2D eigenvalue weighted by molar-refractivity contribution is 7.12. The minimum absolute atomic E-state index is 0.672. The molecule has 1 aromatic rings. The Bertz CT molecular complexity index is 402. The van der Waals surface area contributed by atoms with Gasteiger partial charge in [-0.25, -0.2) is 0 Å². The Kier molecular flexibility index (Phi) is 5.39. The van der Waals surface area contributed by atoms with Crippen molar-refractivity contribution < 1.29 is 0 Å². The molecule has 108 valence electrons. The maximum atomic E-state index is 5.75. The van der Waals surface area contributed by atoms with Gasteiger partial charge >= 0.3 is 0 Å². The van der Waals surface area contributed by atoms with Crippen LogP contribution in [-0.2, 0) is 13.1 Å². The molecule has 2 rings (SSSR count).